The van der Waals surface area contributed by atoms with Crippen molar-refractivity contribution in [2.45, 2.75) is 44.7 Å². The molecule has 1 atom stereocenters. The monoisotopic (exact) mass is 429 g/mol. The van der Waals surface area contributed by atoms with E-state index in [-0.39, 0.29) is 12.2 Å². The predicted molar refractivity (Wildman–Crippen MR) is 118 cm³/mol. The number of nitrogens with one attached hydrogen (secondary N) is 2. The molecule has 1 aliphatic heterocycles. The second kappa shape index (κ2) is 9.84. The first-order valence-corrected chi connectivity index (χ1v) is 11.0. The van der Waals surface area contributed by atoms with Crippen molar-refractivity contribution < 1.29 is 14.3 Å². The minimum Gasteiger partial charge on any atom is -0.497 e. The molecule has 2 heterocycles. The van der Waals surface area contributed by atoms with E-state index in [0.29, 0.717) is 33.6 Å². The molecule has 1 aromatic carbocycles. The fourth-order valence-electron chi connectivity index (χ4n) is 3.45. The number of hydrogen-bond acceptors (Lipinski definition) is 7. The zero-order chi connectivity index (χ0) is 21.7. The Hall–Kier alpha value is -2.74. The highest BCUT2D eigenvalue weighted by Crippen LogP contribution is 2.40. The molecule has 1 aliphatic rings. The Morgan fingerprint density at radius 1 is 1.30 bits per heavy atom. The van der Waals surface area contributed by atoms with Crippen LogP contribution in [0.1, 0.15) is 50.7 Å². The molecule has 2 N–H and O–H groups in total. The van der Waals surface area contributed by atoms with Gasteiger partial charge in [-0.15, -0.1) is 0 Å². The Morgan fingerprint density at radius 2 is 2.10 bits per heavy atom. The average Bonchev–Trinajstić information content (AvgIpc) is 2.73. The standard InChI is InChI=1S/C22H27N3O4S/c1-5-7-11-30-22-24-19-18(20(26)25-22)17(14-9-8-10-15(12-14)28-4)16(13(3)23-19)21(27)29-6-2/h8-10,12,17H,5-7,11H2,1-4H3,(H2,23,24,25,26)/t17-/m0/s1. The number of allylic oxidation sites excluding steroid dienone is 1. The van der Waals surface area contributed by atoms with Crippen molar-refractivity contribution in [3.63, 3.8) is 0 Å². The van der Waals surface area contributed by atoms with E-state index in [1.165, 1.54) is 11.8 Å². The Morgan fingerprint density at radius 3 is 2.80 bits per heavy atom. The third-order valence-corrected chi connectivity index (χ3v) is 5.84. The minimum absolute atomic E-state index is 0.245. The van der Waals surface area contributed by atoms with Gasteiger partial charge in [0.25, 0.3) is 5.56 Å². The van der Waals surface area contributed by atoms with Crippen LogP contribution in [0.5, 0.6) is 5.75 Å². The number of methoxy groups -OCH3 is 1. The van der Waals surface area contributed by atoms with Gasteiger partial charge in [-0.25, -0.2) is 9.78 Å². The summed E-state index contributed by atoms with van der Waals surface area (Å²) in [6, 6.07) is 7.36. The zero-order valence-electron chi connectivity index (χ0n) is 17.7. The lowest BCUT2D eigenvalue weighted by atomic mass is 9.82. The molecule has 0 fully saturated rings. The highest BCUT2D eigenvalue weighted by molar-refractivity contribution is 7.99. The molecule has 7 nitrogen and oxygen atoms in total. The van der Waals surface area contributed by atoms with Gasteiger partial charge < -0.3 is 19.8 Å². The summed E-state index contributed by atoms with van der Waals surface area (Å²) >= 11 is 1.52. The molecule has 0 saturated carbocycles. The highest BCUT2D eigenvalue weighted by Gasteiger charge is 2.36. The predicted octanol–water partition coefficient (Wildman–Crippen LogP) is 4.07. The van der Waals surface area contributed by atoms with Crippen LogP contribution in [-0.4, -0.2) is 35.4 Å². The molecule has 30 heavy (non-hydrogen) atoms. The number of nitrogens with zero attached hydrogens (tertiary/aromatic N) is 1. The lowest BCUT2D eigenvalue weighted by molar-refractivity contribution is -0.138. The van der Waals surface area contributed by atoms with Gasteiger partial charge >= 0.3 is 5.97 Å². The van der Waals surface area contributed by atoms with Crippen LogP contribution in [0.25, 0.3) is 0 Å². The molecular weight excluding hydrogens is 402 g/mol. The first-order valence-electron chi connectivity index (χ1n) is 10.1. The number of aromatic amines is 1. The summed E-state index contributed by atoms with van der Waals surface area (Å²) in [6.07, 6.45) is 2.11. The van der Waals surface area contributed by atoms with E-state index >= 15 is 0 Å². The van der Waals surface area contributed by atoms with Crippen LogP contribution in [0.3, 0.4) is 0 Å². The van der Waals surface area contributed by atoms with Crippen LogP contribution in [0.15, 0.2) is 45.5 Å². The van der Waals surface area contributed by atoms with Gasteiger partial charge in [-0.3, -0.25) is 4.79 Å². The zero-order valence-corrected chi connectivity index (χ0v) is 18.5. The van der Waals surface area contributed by atoms with Crippen molar-refractivity contribution in [2.24, 2.45) is 0 Å². The number of benzene rings is 1. The number of rotatable bonds is 8. The van der Waals surface area contributed by atoms with E-state index in [1.807, 2.05) is 24.3 Å². The van der Waals surface area contributed by atoms with E-state index in [4.69, 9.17) is 9.47 Å². The van der Waals surface area contributed by atoms with Gasteiger partial charge in [0.15, 0.2) is 5.16 Å². The third-order valence-electron chi connectivity index (χ3n) is 4.88. The number of carbonyl (C=O) groups is 1. The molecule has 0 saturated heterocycles. The number of ether oxygens (including phenoxy) is 2. The maximum atomic E-state index is 13.1. The van der Waals surface area contributed by atoms with Crippen molar-refractivity contribution in [1.29, 1.82) is 0 Å². The van der Waals surface area contributed by atoms with Crippen LogP contribution in [-0.2, 0) is 9.53 Å². The second-order valence-corrected chi connectivity index (χ2v) is 8.01. The summed E-state index contributed by atoms with van der Waals surface area (Å²) in [5.41, 5.74) is 1.91. The maximum absolute atomic E-state index is 13.1. The van der Waals surface area contributed by atoms with Crippen LogP contribution >= 0.6 is 11.8 Å². The fraction of sp³-hybridized carbons (Fsp3) is 0.409. The van der Waals surface area contributed by atoms with Crippen molar-refractivity contribution >= 4 is 23.5 Å². The largest absolute Gasteiger partial charge is 0.497 e. The Kier molecular flexibility index (Phi) is 7.20. The number of H-pyrrole nitrogens is 1. The van der Waals surface area contributed by atoms with E-state index in [1.54, 1.807) is 21.0 Å². The van der Waals surface area contributed by atoms with E-state index < -0.39 is 11.9 Å². The summed E-state index contributed by atoms with van der Waals surface area (Å²) in [5.74, 6) is 0.921. The summed E-state index contributed by atoms with van der Waals surface area (Å²) in [5, 5.41) is 3.72. The minimum atomic E-state index is -0.610. The van der Waals surface area contributed by atoms with Crippen molar-refractivity contribution in [1.82, 2.24) is 9.97 Å². The molecule has 0 unspecified atom stereocenters. The number of esters is 1. The third kappa shape index (κ3) is 4.53. The molecule has 0 aliphatic carbocycles. The lowest BCUT2D eigenvalue weighted by Crippen LogP contribution is -2.31. The van der Waals surface area contributed by atoms with E-state index in [0.717, 1.165) is 24.2 Å². The van der Waals surface area contributed by atoms with Gasteiger partial charge in [-0.05, 0) is 38.0 Å². The number of fused-ring (bicyclic) bond motifs is 1. The van der Waals surface area contributed by atoms with Gasteiger partial charge in [-0.2, -0.15) is 0 Å². The van der Waals surface area contributed by atoms with Crippen molar-refractivity contribution in [3.05, 3.63) is 57.0 Å². The van der Waals surface area contributed by atoms with Crippen molar-refractivity contribution in [3.8, 4) is 5.75 Å². The molecular formula is C22H27N3O4S. The Bertz CT molecular complexity index is 1020. The molecule has 2 aromatic rings. The van der Waals surface area contributed by atoms with Gasteiger partial charge in [0, 0.05) is 11.4 Å². The SMILES string of the molecule is CCCCSc1nc2c(c(=O)[nH]1)[C@@H](c1cccc(OC)c1)C(C(=O)OCC)=C(C)N2. The highest BCUT2D eigenvalue weighted by atomic mass is 32.2. The molecule has 0 amide bonds. The van der Waals surface area contributed by atoms with E-state index in [9.17, 15) is 9.59 Å². The number of thioether (sulfide) groups is 1. The number of hydrogen-bond donors (Lipinski definition) is 2. The number of anilines is 1. The molecule has 3 rings (SSSR count). The maximum Gasteiger partial charge on any atom is 0.336 e. The topological polar surface area (TPSA) is 93.3 Å². The Labute approximate surface area is 180 Å². The second-order valence-electron chi connectivity index (χ2n) is 6.93. The molecule has 0 spiro atoms. The molecule has 1 aromatic heterocycles. The molecule has 0 bridgehead atoms. The van der Waals surface area contributed by atoms with Crippen LogP contribution in [0, 0.1) is 0 Å². The lowest BCUT2D eigenvalue weighted by Gasteiger charge is -2.29. The van der Waals surface area contributed by atoms with Gasteiger partial charge in [-0.1, -0.05) is 37.2 Å². The van der Waals surface area contributed by atoms with Crippen LogP contribution < -0.4 is 15.6 Å². The number of carbonyl (C=O) groups excluding carboxylic acids is 1. The summed E-state index contributed by atoms with van der Waals surface area (Å²) in [7, 11) is 1.58. The number of aromatic nitrogens is 2. The average molecular weight is 430 g/mol. The first-order chi connectivity index (χ1) is 14.5. The van der Waals surface area contributed by atoms with Gasteiger partial charge in [0.05, 0.1) is 30.8 Å². The van der Waals surface area contributed by atoms with Crippen LogP contribution in [0.2, 0.25) is 0 Å². The molecule has 8 heteroatoms. The quantitative estimate of drug-likeness (QED) is 0.283. The van der Waals surface area contributed by atoms with Gasteiger partial charge in [0.1, 0.15) is 11.6 Å². The summed E-state index contributed by atoms with van der Waals surface area (Å²) in [6.45, 7) is 5.92. The molecule has 0 radical (unpaired) electrons. The Balaban J connectivity index is 2.15. The van der Waals surface area contributed by atoms with E-state index in [2.05, 4.69) is 22.2 Å². The normalized spacial score (nSPS) is 15.4. The van der Waals surface area contributed by atoms with Crippen LogP contribution in [0.4, 0.5) is 5.82 Å². The summed E-state index contributed by atoms with van der Waals surface area (Å²) in [4.78, 5) is 33.5. The van der Waals surface area contributed by atoms with Gasteiger partial charge in [0.2, 0.25) is 0 Å². The smallest absolute Gasteiger partial charge is 0.336 e. The fourth-order valence-corrected chi connectivity index (χ4v) is 4.39. The van der Waals surface area contributed by atoms with Crippen molar-refractivity contribution in [2.75, 3.05) is 24.8 Å². The first kappa shape index (κ1) is 22.0. The number of unbranched alkanes of at least 4 members (excludes halogenated alkanes) is 1. The summed E-state index contributed by atoms with van der Waals surface area (Å²) < 4.78 is 10.7. The molecule has 160 valence electrons.